The molecule has 0 aromatic carbocycles. The first-order valence-electron chi connectivity index (χ1n) is 4.20. The summed E-state index contributed by atoms with van der Waals surface area (Å²) in [5, 5.41) is 16.9. The van der Waals surface area contributed by atoms with Gasteiger partial charge in [0.05, 0.1) is 6.61 Å². The van der Waals surface area contributed by atoms with Crippen molar-refractivity contribution < 1.29 is 14.9 Å². The standard InChI is InChI=1S/C9H12N2O3/c1-2-14-8-4-3-7(5-10-8)6-11-9(12)13/h3-6,9,12-13H,2H2,1H3. The van der Waals surface area contributed by atoms with Crippen molar-refractivity contribution in [3.63, 3.8) is 0 Å². The van der Waals surface area contributed by atoms with Crippen LogP contribution < -0.4 is 4.74 Å². The highest BCUT2D eigenvalue weighted by atomic mass is 16.5. The molecule has 76 valence electrons. The van der Waals surface area contributed by atoms with E-state index in [0.29, 0.717) is 18.1 Å². The van der Waals surface area contributed by atoms with Gasteiger partial charge in [0.25, 0.3) is 6.41 Å². The van der Waals surface area contributed by atoms with E-state index in [1.54, 1.807) is 12.1 Å². The topological polar surface area (TPSA) is 74.9 Å². The molecule has 0 atom stereocenters. The Bertz CT molecular complexity index is 295. The Labute approximate surface area is 81.7 Å². The molecule has 0 amide bonds. The number of pyridine rings is 1. The van der Waals surface area contributed by atoms with Crippen molar-refractivity contribution in [1.82, 2.24) is 4.98 Å². The normalized spacial score (nSPS) is 11.1. The molecule has 1 rings (SSSR count). The van der Waals surface area contributed by atoms with Crippen LogP contribution in [0.1, 0.15) is 12.5 Å². The van der Waals surface area contributed by atoms with Gasteiger partial charge in [-0.1, -0.05) is 0 Å². The second-order valence-electron chi connectivity index (χ2n) is 2.49. The first kappa shape index (κ1) is 10.6. The van der Waals surface area contributed by atoms with Crippen LogP contribution in [0, 0.1) is 0 Å². The highest BCUT2D eigenvalue weighted by Gasteiger charge is 1.94. The molecule has 0 aliphatic carbocycles. The van der Waals surface area contributed by atoms with Crippen molar-refractivity contribution in [3.05, 3.63) is 23.9 Å². The summed E-state index contributed by atoms with van der Waals surface area (Å²) in [5.41, 5.74) is 0.682. The maximum absolute atomic E-state index is 8.47. The lowest BCUT2D eigenvalue weighted by Gasteiger charge is -2.00. The molecular formula is C9H12N2O3. The maximum atomic E-state index is 8.47. The first-order chi connectivity index (χ1) is 6.72. The molecule has 0 aliphatic rings. The summed E-state index contributed by atoms with van der Waals surface area (Å²) in [6.45, 7) is 2.44. The minimum absolute atomic E-state index is 0.536. The largest absolute Gasteiger partial charge is 0.478 e. The van der Waals surface area contributed by atoms with Gasteiger partial charge in [-0.15, -0.1) is 0 Å². The Kier molecular flexibility index (Phi) is 4.03. The van der Waals surface area contributed by atoms with Crippen molar-refractivity contribution in [2.45, 2.75) is 13.3 Å². The Morgan fingerprint density at radius 2 is 2.36 bits per heavy atom. The third kappa shape index (κ3) is 3.51. The van der Waals surface area contributed by atoms with Crippen LogP contribution in [0.3, 0.4) is 0 Å². The van der Waals surface area contributed by atoms with Gasteiger partial charge in [0.15, 0.2) is 0 Å². The third-order valence-electron chi connectivity index (χ3n) is 1.41. The van der Waals surface area contributed by atoms with Gasteiger partial charge in [-0.25, -0.2) is 9.98 Å². The number of rotatable bonds is 4. The fourth-order valence-corrected chi connectivity index (χ4v) is 0.854. The first-order valence-corrected chi connectivity index (χ1v) is 4.20. The number of nitrogens with zero attached hydrogens (tertiary/aromatic N) is 2. The summed E-state index contributed by atoms with van der Waals surface area (Å²) in [5.74, 6) is 0.536. The predicted octanol–water partition coefficient (Wildman–Crippen LogP) is 0.167. The molecule has 0 bridgehead atoms. The average Bonchev–Trinajstić information content (AvgIpc) is 2.17. The van der Waals surface area contributed by atoms with Crippen LogP contribution in [-0.2, 0) is 0 Å². The van der Waals surface area contributed by atoms with Gasteiger partial charge in [0.2, 0.25) is 5.88 Å². The summed E-state index contributed by atoms with van der Waals surface area (Å²) in [7, 11) is 0. The van der Waals surface area contributed by atoms with Gasteiger partial charge in [0, 0.05) is 24.0 Å². The summed E-state index contributed by atoms with van der Waals surface area (Å²) >= 11 is 0. The van der Waals surface area contributed by atoms with Crippen LogP contribution in [-0.4, -0.2) is 34.4 Å². The van der Waals surface area contributed by atoms with Crippen LogP contribution in [0.15, 0.2) is 23.3 Å². The zero-order chi connectivity index (χ0) is 10.4. The zero-order valence-electron chi connectivity index (χ0n) is 7.79. The fraction of sp³-hybridized carbons (Fsp3) is 0.333. The zero-order valence-corrected chi connectivity index (χ0v) is 7.79. The molecule has 1 heterocycles. The number of aliphatic hydroxyl groups excluding tert-OH is 1. The van der Waals surface area contributed by atoms with E-state index in [1.165, 1.54) is 12.4 Å². The smallest absolute Gasteiger partial charge is 0.253 e. The second kappa shape index (κ2) is 5.31. The SMILES string of the molecule is CCOc1ccc(C=NC(O)O)cn1. The quantitative estimate of drug-likeness (QED) is 0.531. The van der Waals surface area contributed by atoms with Crippen molar-refractivity contribution in [2.75, 3.05) is 6.61 Å². The molecule has 0 fully saturated rings. The molecule has 1 aromatic rings. The lowest BCUT2D eigenvalue weighted by Crippen LogP contribution is -2.00. The number of hydrogen-bond acceptors (Lipinski definition) is 5. The minimum atomic E-state index is -1.68. The van der Waals surface area contributed by atoms with Crippen LogP contribution in [0.2, 0.25) is 0 Å². The van der Waals surface area contributed by atoms with Gasteiger partial charge < -0.3 is 14.9 Å². The van der Waals surface area contributed by atoms with Gasteiger partial charge in [0.1, 0.15) is 0 Å². The van der Waals surface area contributed by atoms with Gasteiger partial charge in [-0.3, -0.25) is 0 Å². The number of aliphatic imine (C=N–C) groups is 1. The molecule has 14 heavy (non-hydrogen) atoms. The van der Waals surface area contributed by atoms with Crippen molar-refractivity contribution in [3.8, 4) is 5.88 Å². The molecular weight excluding hydrogens is 184 g/mol. The lowest BCUT2D eigenvalue weighted by molar-refractivity contribution is -0.0305. The summed E-state index contributed by atoms with van der Waals surface area (Å²) in [6.07, 6.45) is 1.19. The Balaban J connectivity index is 2.64. The van der Waals surface area contributed by atoms with E-state index in [1.807, 2.05) is 6.92 Å². The second-order valence-corrected chi connectivity index (χ2v) is 2.49. The fourth-order valence-electron chi connectivity index (χ4n) is 0.854. The van der Waals surface area contributed by atoms with Crippen LogP contribution in [0.5, 0.6) is 5.88 Å². The Hall–Kier alpha value is -1.46. The molecule has 5 nitrogen and oxygen atoms in total. The van der Waals surface area contributed by atoms with E-state index in [0.717, 1.165) is 0 Å². The van der Waals surface area contributed by atoms with E-state index in [2.05, 4.69) is 9.98 Å². The van der Waals surface area contributed by atoms with Gasteiger partial charge in [-0.05, 0) is 13.0 Å². The molecule has 0 radical (unpaired) electrons. The van der Waals surface area contributed by atoms with E-state index >= 15 is 0 Å². The monoisotopic (exact) mass is 196 g/mol. The van der Waals surface area contributed by atoms with Crippen LogP contribution >= 0.6 is 0 Å². The lowest BCUT2D eigenvalue weighted by atomic mass is 10.3. The minimum Gasteiger partial charge on any atom is -0.478 e. The molecule has 2 N–H and O–H groups in total. The Morgan fingerprint density at radius 3 is 2.86 bits per heavy atom. The molecule has 0 unspecified atom stereocenters. The van der Waals surface area contributed by atoms with E-state index in [-0.39, 0.29) is 0 Å². The number of aliphatic hydroxyl groups is 2. The molecule has 1 aromatic heterocycles. The van der Waals surface area contributed by atoms with E-state index in [9.17, 15) is 0 Å². The van der Waals surface area contributed by atoms with Crippen LogP contribution in [0.25, 0.3) is 0 Å². The molecule has 0 aliphatic heterocycles. The molecule has 5 heteroatoms. The van der Waals surface area contributed by atoms with Gasteiger partial charge >= 0.3 is 0 Å². The maximum Gasteiger partial charge on any atom is 0.253 e. The third-order valence-corrected chi connectivity index (χ3v) is 1.41. The number of ether oxygens (including phenoxy) is 1. The Morgan fingerprint density at radius 1 is 1.57 bits per heavy atom. The predicted molar refractivity (Wildman–Crippen MR) is 51.2 cm³/mol. The van der Waals surface area contributed by atoms with Crippen molar-refractivity contribution in [2.24, 2.45) is 4.99 Å². The molecule has 0 spiro atoms. The molecule has 0 saturated carbocycles. The number of aromatic nitrogens is 1. The van der Waals surface area contributed by atoms with E-state index in [4.69, 9.17) is 14.9 Å². The highest BCUT2D eigenvalue weighted by molar-refractivity contribution is 5.79. The van der Waals surface area contributed by atoms with Crippen LogP contribution in [0.4, 0.5) is 0 Å². The van der Waals surface area contributed by atoms with Crippen molar-refractivity contribution in [1.29, 1.82) is 0 Å². The number of hydrogen-bond donors (Lipinski definition) is 2. The van der Waals surface area contributed by atoms with Crippen molar-refractivity contribution >= 4 is 6.21 Å². The highest BCUT2D eigenvalue weighted by Crippen LogP contribution is 2.05. The summed E-state index contributed by atoms with van der Waals surface area (Å²) in [4.78, 5) is 7.35. The summed E-state index contributed by atoms with van der Waals surface area (Å²) in [6, 6.07) is 3.42. The summed E-state index contributed by atoms with van der Waals surface area (Å²) < 4.78 is 5.13. The molecule has 0 saturated heterocycles. The van der Waals surface area contributed by atoms with Gasteiger partial charge in [-0.2, -0.15) is 0 Å². The van der Waals surface area contributed by atoms with E-state index < -0.39 is 6.41 Å². The average molecular weight is 196 g/mol.